The number of nitrogens with zero attached hydrogens (tertiary/aromatic N) is 1. The van der Waals surface area contributed by atoms with E-state index in [0.29, 0.717) is 0 Å². The van der Waals surface area contributed by atoms with E-state index in [2.05, 4.69) is 10.3 Å². The molecule has 2 aromatic rings. The van der Waals surface area contributed by atoms with Gasteiger partial charge in [-0.1, -0.05) is 0 Å². The van der Waals surface area contributed by atoms with Gasteiger partial charge in [0.1, 0.15) is 18.0 Å². The average Bonchev–Trinajstić information content (AvgIpc) is 3.18. The van der Waals surface area contributed by atoms with Crippen LogP contribution >= 0.6 is 0 Å². The zero-order valence-corrected chi connectivity index (χ0v) is 18.4. The quantitative estimate of drug-likeness (QED) is 0.584. The Kier molecular flexibility index (Phi) is 7.00. The van der Waals surface area contributed by atoms with Gasteiger partial charge in [-0.2, -0.15) is 18.2 Å². The molecule has 1 amide bonds. The highest BCUT2D eigenvalue weighted by atomic mass is 32.2. The van der Waals surface area contributed by atoms with E-state index in [1.807, 2.05) is 0 Å². The number of hydrogen-bond acceptors (Lipinski definition) is 6. The van der Waals surface area contributed by atoms with E-state index in [1.54, 1.807) is 4.72 Å². The summed E-state index contributed by atoms with van der Waals surface area (Å²) < 4.78 is 101. The Bertz CT molecular complexity index is 1190. The summed E-state index contributed by atoms with van der Waals surface area (Å²) in [4.78, 5) is 16.4. The van der Waals surface area contributed by atoms with Crippen molar-refractivity contribution >= 4 is 27.7 Å². The van der Waals surface area contributed by atoms with Gasteiger partial charge in [0.05, 0.1) is 17.9 Å². The molecule has 0 aliphatic carbocycles. The summed E-state index contributed by atoms with van der Waals surface area (Å²) >= 11 is 0. The van der Waals surface area contributed by atoms with Crippen LogP contribution in [-0.2, 0) is 25.7 Å². The van der Waals surface area contributed by atoms with Gasteiger partial charge in [0.25, 0.3) is 0 Å². The van der Waals surface area contributed by atoms with Gasteiger partial charge in [-0.25, -0.2) is 17.2 Å². The molecule has 8 nitrogen and oxygen atoms in total. The topological polar surface area (TPSA) is 106 Å². The van der Waals surface area contributed by atoms with E-state index in [1.165, 1.54) is 6.92 Å². The number of alkyl halides is 3. The van der Waals surface area contributed by atoms with Crippen molar-refractivity contribution in [2.45, 2.75) is 25.2 Å². The standard InChI is InChI=1S/C20H18F5N3O5S/c1-10(11-7-14(21)17(15(22)8-11)28-34(2,30)31)26-18(29)16-9-32-19(27-16)33-13-5-3-12(4-6-13)20(23,24)25/h3-8,10,16,28H,9H2,1-2H3,(H,26,29)/t10-,16?/m1/s1. The van der Waals surface area contributed by atoms with Gasteiger partial charge in [-0.3, -0.25) is 9.52 Å². The fraction of sp³-hybridized carbons (Fsp3) is 0.300. The second-order valence-corrected chi connectivity index (χ2v) is 9.06. The summed E-state index contributed by atoms with van der Waals surface area (Å²) in [6.07, 6.45) is -4.10. The zero-order valence-electron chi connectivity index (χ0n) is 17.6. The van der Waals surface area contributed by atoms with E-state index in [0.717, 1.165) is 42.7 Å². The number of carbonyl (C=O) groups is 1. The number of ether oxygens (including phenoxy) is 2. The lowest BCUT2D eigenvalue weighted by molar-refractivity contribution is -0.137. The van der Waals surface area contributed by atoms with Crippen LogP contribution in [0.5, 0.6) is 5.75 Å². The molecule has 1 heterocycles. The normalized spacial score (nSPS) is 16.9. The fourth-order valence-corrected chi connectivity index (χ4v) is 3.44. The molecule has 0 fully saturated rings. The summed E-state index contributed by atoms with van der Waals surface area (Å²) in [7, 11) is -3.91. The summed E-state index contributed by atoms with van der Waals surface area (Å²) in [5, 5.41) is 2.49. The van der Waals surface area contributed by atoms with Gasteiger partial charge in [-0.05, 0) is 48.9 Å². The predicted molar refractivity (Wildman–Crippen MR) is 111 cm³/mol. The van der Waals surface area contributed by atoms with Crippen molar-refractivity contribution in [2.75, 3.05) is 17.6 Å². The maximum Gasteiger partial charge on any atom is 0.416 e. The van der Waals surface area contributed by atoms with E-state index in [9.17, 15) is 35.2 Å². The first-order valence-corrected chi connectivity index (χ1v) is 11.4. The monoisotopic (exact) mass is 507 g/mol. The van der Waals surface area contributed by atoms with Crippen LogP contribution in [0.1, 0.15) is 24.1 Å². The molecule has 2 atom stereocenters. The molecule has 14 heteroatoms. The van der Waals surface area contributed by atoms with E-state index < -0.39 is 57.1 Å². The van der Waals surface area contributed by atoms with E-state index >= 15 is 0 Å². The number of hydrogen-bond donors (Lipinski definition) is 2. The van der Waals surface area contributed by atoms with Crippen LogP contribution in [0.3, 0.4) is 0 Å². The van der Waals surface area contributed by atoms with E-state index in [-0.39, 0.29) is 24.0 Å². The molecule has 1 aliphatic heterocycles. The number of benzene rings is 2. The lowest BCUT2D eigenvalue weighted by atomic mass is 10.1. The van der Waals surface area contributed by atoms with Crippen molar-refractivity contribution < 1.29 is 44.6 Å². The molecule has 34 heavy (non-hydrogen) atoms. The summed E-state index contributed by atoms with van der Waals surface area (Å²) in [6.45, 7) is 1.21. The highest BCUT2D eigenvalue weighted by Gasteiger charge is 2.31. The molecule has 1 aliphatic rings. The molecule has 0 saturated heterocycles. The Labute approximate surface area is 190 Å². The Balaban J connectivity index is 1.63. The number of amides is 1. The minimum atomic E-state index is -4.50. The Hall–Kier alpha value is -3.42. The number of nitrogens with one attached hydrogen (secondary N) is 2. The number of carbonyl (C=O) groups excluding carboxylic acids is 1. The van der Waals surface area contributed by atoms with Gasteiger partial charge < -0.3 is 14.8 Å². The molecular formula is C20H18F5N3O5S. The Morgan fingerprint density at radius 3 is 2.29 bits per heavy atom. The lowest BCUT2D eigenvalue weighted by Gasteiger charge is -2.17. The molecule has 184 valence electrons. The number of halogens is 5. The molecule has 0 radical (unpaired) electrons. The third kappa shape index (κ3) is 6.34. The second kappa shape index (κ2) is 9.44. The first-order chi connectivity index (χ1) is 15.7. The minimum Gasteiger partial charge on any atom is -0.448 e. The zero-order chi connectivity index (χ0) is 25.3. The number of aliphatic imine (C=N–C) groups is 1. The van der Waals surface area contributed by atoms with Gasteiger partial charge in [-0.15, -0.1) is 0 Å². The van der Waals surface area contributed by atoms with Crippen molar-refractivity contribution in [3.05, 3.63) is 59.2 Å². The highest BCUT2D eigenvalue weighted by molar-refractivity contribution is 7.92. The SMILES string of the molecule is C[C@@H](NC(=O)C1COC(Oc2ccc(C(F)(F)F)cc2)=N1)c1cc(F)c(NS(C)(=O)=O)c(F)c1. The Morgan fingerprint density at radius 2 is 1.76 bits per heavy atom. The van der Waals surface area contributed by atoms with Crippen LogP contribution in [0.15, 0.2) is 41.4 Å². The van der Waals surface area contributed by atoms with Crippen LogP contribution in [0.2, 0.25) is 0 Å². The maximum atomic E-state index is 14.2. The van der Waals surface area contributed by atoms with Crippen LogP contribution in [-0.4, -0.2) is 39.3 Å². The van der Waals surface area contributed by atoms with Crippen molar-refractivity contribution in [1.29, 1.82) is 0 Å². The van der Waals surface area contributed by atoms with Crippen LogP contribution in [0, 0.1) is 11.6 Å². The number of anilines is 1. The van der Waals surface area contributed by atoms with Crippen LogP contribution < -0.4 is 14.8 Å². The molecule has 2 aromatic carbocycles. The molecule has 1 unspecified atom stereocenters. The third-order valence-corrected chi connectivity index (χ3v) is 5.10. The minimum absolute atomic E-state index is 0.00918. The van der Waals surface area contributed by atoms with Crippen LogP contribution in [0.4, 0.5) is 27.6 Å². The molecule has 2 N–H and O–H groups in total. The van der Waals surface area contributed by atoms with Crippen molar-refractivity contribution in [3.8, 4) is 5.75 Å². The molecule has 3 rings (SSSR count). The second-order valence-electron chi connectivity index (χ2n) is 7.31. The molecular weight excluding hydrogens is 489 g/mol. The van der Waals surface area contributed by atoms with Crippen LogP contribution in [0.25, 0.3) is 0 Å². The first kappa shape index (κ1) is 25.2. The van der Waals surface area contributed by atoms with Crippen molar-refractivity contribution in [1.82, 2.24) is 5.32 Å². The third-order valence-electron chi connectivity index (χ3n) is 4.53. The lowest BCUT2D eigenvalue weighted by Crippen LogP contribution is -2.36. The summed E-state index contributed by atoms with van der Waals surface area (Å²) in [5.41, 5.74) is -1.69. The van der Waals surface area contributed by atoms with Crippen molar-refractivity contribution in [3.63, 3.8) is 0 Å². The molecule has 0 bridgehead atoms. The van der Waals surface area contributed by atoms with E-state index in [4.69, 9.17) is 9.47 Å². The Morgan fingerprint density at radius 1 is 1.18 bits per heavy atom. The first-order valence-electron chi connectivity index (χ1n) is 9.56. The highest BCUT2D eigenvalue weighted by Crippen LogP contribution is 2.30. The largest absolute Gasteiger partial charge is 0.448 e. The van der Waals surface area contributed by atoms with Gasteiger partial charge in [0.15, 0.2) is 17.7 Å². The average molecular weight is 507 g/mol. The predicted octanol–water partition coefficient (Wildman–Crippen LogP) is 3.37. The molecule has 0 aromatic heterocycles. The summed E-state index contributed by atoms with van der Waals surface area (Å²) in [5.74, 6) is -3.00. The number of rotatable bonds is 6. The van der Waals surface area contributed by atoms with Gasteiger partial charge >= 0.3 is 12.3 Å². The smallest absolute Gasteiger partial charge is 0.416 e. The fourth-order valence-electron chi connectivity index (χ4n) is 2.87. The maximum absolute atomic E-state index is 14.2. The van der Waals surface area contributed by atoms with Gasteiger partial charge in [0.2, 0.25) is 15.9 Å². The van der Waals surface area contributed by atoms with Gasteiger partial charge in [0, 0.05) is 0 Å². The molecule has 0 saturated carbocycles. The molecule has 0 spiro atoms. The number of sulfonamides is 1. The van der Waals surface area contributed by atoms with Crippen molar-refractivity contribution in [2.24, 2.45) is 4.99 Å². The summed E-state index contributed by atoms with van der Waals surface area (Å²) in [6, 6.07) is 3.53.